The van der Waals surface area contributed by atoms with E-state index in [9.17, 15) is 13.6 Å². The lowest BCUT2D eigenvalue weighted by atomic mass is 10.1. The second-order valence-electron chi connectivity index (χ2n) is 5.97. The molecule has 148 valence electrons. The lowest BCUT2D eigenvalue weighted by Gasteiger charge is -2.07. The maximum absolute atomic E-state index is 13.6. The van der Waals surface area contributed by atoms with E-state index in [4.69, 9.17) is 4.84 Å². The molecule has 0 aliphatic heterocycles. The minimum absolute atomic E-state index is 0.191. The predicted molar refractivity (Wildman–Crippen MR) is 103 cm³/mol. The van der Waals surface area contributed by atoms with Crippen LogP contribution in [0.4, 0.5) is 14.6 Å². The first-order chi connectivity index (χ1) is 14.0. The van der Waals surface area contributed by atoms with Crippen LogP contribution in [0.5, 0.6) is 5.88 Å². The van der Waals surface area contributed by atoms with Crippen molar-refractivity contribution < 1.29 is 18.4 Å². The molecule has 1 amide bonds. The number of aromatic nitrogens is 3. The minimum atomic E-state index is -0.933. The summed E-state index contributed by atoms with van der Waals surface area (Å²) in [5.41, 5.74) is 0.886. The standard InChI is InChI=1S/C20H17F2N5O2/c1-13-20(24-11-10-23-13)29-26-9-3-4-14-7-8-17(25-12-14)27-19(28)18-15(21)5-2-6-16(18)22/h2,5-12H,3-4H2,1H3,(H,25,27,28)/b26-9+. The number of benzene rings is 1. The number of amides is 1. The molecule has 0 saturated carbocycles. The Hall–Kier alpha value is -3.75. The third kappa shape index (κ3) is 5.38. The highest BCUT2D eigenvalue weighted by molar-refractivity contribution is 6.04. The predicted octanol–water partition coefficient (Wildman–Crippen LogP) is 3.71. The number of pyridine rings is 1. The van der Waals surface area contributed by atoms with Crippen LogP contribution < -0.4 is 10.2 Å². The topological polar surface area (TPSA) is 89.4 Å². The fourth-order valence-corrected chi connectivity index (χ4v) is 2.40. The number of hydrogen-bond donors (Lipinski definition) is 1. The van der Waals surface area contributed by atoms with Gasteiger partial charge in [-0.25, -0.2) is 18.7 Å². The summed E-state index contributed by atoms with van der Waals surface area (Å²) in [5, 5.41) is 6.23. The van der Waals surface area contributed by atoms with Crippen molar-refractivity contribution in [3.05, 3.63) is 77.4 Å². The van der Waals surface area contributed by atoms with E-state index < -0.39 is 23.1 Å². The molecule has 0 fully saturated rings. The first-order valence-corrected chi connectivity index (χ1v) is 8.71. The van der Waals surface area contributed by atoms with Crippen LogP contribution in [0, 0.1) is 18.6 Å². The van der Waals surface area contributed by atoms with Gasteiger partial charge in [0.2, 0.25) is 0 Å². The molecule has 0 atom stereocenters. The van der Waals surface area contributed by atoms with Crippen molar-refractivity contribution in [3.8, 4) is 5.88 Å². The number of carbonyl (C=O) groups is 1. The Morgan fingerprint density at radius 2 is 1.90 bits per heavy atom. The zero-order valence-electron chi connectivity index (χ0n) is 15.5. The molecule has 0 aliphatic carbocycles. The summed E-state index contributed by atoms with van der Waals surface area (Å²) in [6, 6.07) is 6.54. The summed E-state index contributed by atoms with van der Waals surface area (Å²) < 4.78 is 27.3. The van der Waals surface area contributed by atoms with Crippen molar-refractivity contribution in [2.75, 3.05) is 5.32 Å². The highest BCUT2D eigenvalue weighted by atomic mass is 19.1. The molecule has 9 heteroatoms. The highest BCUT2D eigenvalue weighted by Crippen LogP contribution is 2.15. The Balaban J connectivity index is 1.51. The Morgan fingerprint density at radius 1 is 1.14 bits per heavy atom. The van der Waals surface area contributed by atoms with Gasteiger partial charge in [-0.3, -0.25) is 9.78 Å². The Bertz CT molecular complexity index is 1010. The van der Waals surface area contributed by atoms with E-state index >= 15 is 0 Å². The number of rotatable bonds is 7. The average Bonchev–Trinajstić information content (AvgIpc) is 2.70. The van der Waals surface area contributed by atoms with Crippen LogP contribution in [0.25, 0.3) is 0 Å². The number of aryl methyl sites for hydroxylation is 2. The second-order valence-corrected chi connectivity index (χ2v) is 5.97. The van der Waals surface area contributed by atoms with Gasteiger partial charge in [0.05, 0.1) is 0 Å². The van der Waals surface area contributed by atoms with E-state index in [1.807, 2.05) is 0 Å². The number of hydrogen-bond acceptors (Lipinski definition) is 6. The first kappa shape index (κ1) is 20.0. The van der Waals surface area contributed by atoms with Crippen molar-refractivity contribution >= 4 is 17.9 Å². The molecule has 0 unspecified atom stereocenters. The van der Waals surface area contributed by atoms with Gasteiger partial charge in [0, 0.05) is 24.8 Å². The van der Waals surface area contributed by atoms with Crippen LogP contribution in [0.3, 0.4) is 0 Å². The fourth-order valence-electron chi connectivity index (χ4n) is 2.40. The smallest absolute Gasteiger partial charge is 0.270 e. The van der Waals surface area contributed by atoms with Crippen LogP contribution in [-0.2, 0) is 6.42 Å². The van der Waals surface area contributed by atoms with Crippen molar-refractivity contribution in [2.24, 2.45) is 5.16 Å². The highest BCUT2D eigenvalue weighted by Gasteiger charge is 2.17. The van der Waals surface area contributed by atoms with Gasteiger partial charge in [0.1, 0.15) is 28.7 Å². The summed E-state index contributed by atoms with van der Waals surface area (Å²) in [6.07, 6.45) is 7.48. The molecule has 0 radical (unpaired) electrons. The van der Waals surface area contributed by atoms with E-state index in [1.165, 1.54) is 12.3 Å². The molecule has 0 saturated heterocycles. The van der Waals surface area contributed by atoms with E-state index in [1.54, 1.807) is 37.7 Å². The maximum Gasteiger partial charge on any atom is 0.270 e. The van der Waals surface area contributed by atoms with Gasteiger partial charge in [-0.15, -0.1) is 0 Å². The number of nitrogens with one attached hydrogen (secondary N) is 1. The minimum Gasteiger partial charge on any atom is -0.335 e. The maximum atomic E-state index is 13.6. The average molecular weight is 397 g/mol. The third-order valence-electron chi connectivity index (χ3n) is 3.87. The van der Waals surface area contributed by atoms with Gasteiger partial charge < -0.3 is 10.2 Å². The SMILES string of the molecule is Cc1nccnc1O/N=C/CCc1ccc(NC(=O)c2c(F)cccc2F)nc1. The van der Waals surface area contributed by atoms with Gasteiger partial charge in [0.25, 0.3) is 11.8 Å². The van der Waals surface area contributed by atoms with E-state index in [0.29, 0.717) is 24.4 Å². The lowest BCUT2D eigenvalue weighted by Crippen LogP contribution is -2.16. The normalized spacial score (nSPS) is 10.9. The van der Waals surface area contributed by atoms with Crippen molar-refractivity contribution in [2.45, 2.75) is 19.8 Å². The monoisotopic (exact) mass is 397 g/mol. The summed E-state index contributed by atoms with van der Waals surface area (Å²) in [4.78, 5) is 29.4. The lowest BCUT2D eigenvalue weighted by molar-refractivity contribution is 0.101. The van der Waals surface area contributed by atoms with Crippen molar-refractivity contribution in [1.82, 2.24) is 15.0 Å². The van der Waals surface area contributed by atoms with Crippen molar-refractivity contribution in [1.29, 1.82) is 0 Å². The number of anilines is 1. The van der Waals surface area contributed by atoms with Crippen LogP contribution in [0.2, 0.25) is 0 Å². The molecule has 2 heterocycles. The van der Waals surface area contributed by atoms with Gasteiger partial charge in [-0.1, -0.05) is 17.3 Å². The molecular formula is C20H17F2N5O2. The van der Waals surface area contributed by atoms with Crippen LogP contribution in [-0.4, -0.2) is 27.1 Å². The van der Waals surface area contributed by atoms with Gasteiger partial charge in [-0.2, -0.15) is 0 Å². The Labute approximate surface area is 165 Å². The third-order valence-corrected chi connectivity index (χ3v) is 3.87. The molecule has 0 aliphatic rings. The van der Waals surface area contributed by atoms with E-state index in [-0.39, 0.29) is 5.82 Å². The Kier molecular flexibility index (Phi) is 6.51. The summed E-state index contributed by atoms with van der Waals surface area (Å²) in [7, 11) is 0. The summed E-state index contributed by atoms with van der Waals surface area (Å²) >= 11 is 0. The Morgan fingerprint density at radius 3 is 2.59 bits per heavy atom. The molecule has 0 bridgehead atoms. The number of oxime groups is 1. The van der Waals surface area contributed by atoms with Crippen LogP contribution >= 0.6 is 0 Å². The molecule has 7 nitrogen and oxygen atoms in total. The molecule has 29 heavy (non-hydrogen) atoms. The van der Waals surface area contributed by atoms with Gasteiger partial charge in [-0.05, 0) is 43.5 Å². The van der Waals surface area contributed by atoms with E-state index in [2.05, 4.69) is 25.4 Å². The molecule has 1 aromatic carbocycles. The largest absolute Gasteiger partial charge is 0.335 e. The molecule has 1 N–H and O–H groups in total. The van der Waals surface area contributed by atoms with E-state index in [0.717, 1.165) is 17.7 Å². The zero-order valence-corrected chi connectivity index (χ0v) is 15.5. The summed E-state index contributed by atoms with van der Waals surface area (Å²) in [5.74, 6) is -2.23. The molecule has 3 aromatic rings. The summed E-state index contributed by atoms with van der Waals surface area (Å²) in [6.45, 7) is 1.77. The number of halogens is 2. The molecule has 3 rings (SSSR count). The molecule has 2 aromatic heterocycles. The number of nitrogens with zero attached hydrogens (tertiary/aromatic N) is 4. The fraction of sp³-hybridized carbons (Fsp3) is 0.150. The quantitative estimate of drug-likeness (QED) is 0.485. The second kappa shape index (κ2) is 9.45. The first-order valence-electron chi connectivity index (χ1n) is 8.71. The molecule has 0 spiro atoms. The molecular weight excluding hydrogens is 380 g/mol. The van der Waals surface area contributed by atoms with Gasteiger partial charge in [0.15, 0.2) is 0 Å². The number of carbonyl (C=O) groups excluding carboxylic acids is 1. The van der Waals surface area contributed by atoms with Gasteiger partial charge >= 0.3 is 0 Å². The van der Waals surface area contributed by atoms with Crippen LogP contribution in [0.1, 0.15) is 28.0 Å². The van der Waals surface area contributed by atoms with Crippen molar-refractivity contribution in [3.63, 3.8) is 0 Å². The van der Waals surface area contributed by atoms with Crippen LogP contribution in [0.15, 0.2) is 54.1 Å². The zero-order chi connectivity index (χ0) is 20.6.